The maximum atomic E-state index is 16.6. The van der Waals surface area contributed by atoms with Crippen molar-refractivity contribution in [1.29, 1.82) is 0 Å². The maximum Gasteiger partial charge on any atom is 0.386 e. The van der Waals surface area contributed by atoms with Crippen molar-refractivity contribution in [2.75, 3.05) is 7.11 Å². The highest BCUT2D eigenvalue weighted by atomic mass is 19.3. The van der Waals surface area contributed by atoms with Crippen LogP contribution >= 0.6 is 0 Å². The number of carbonyl (C=O) groups excluding carboxylic acids is 3. The van der Waals surface area contributed by atoms with E-state index < -0.39 is 59.4 Å². The summed E-state index contributed by atoms with van der Waals surface area (Å²) < 4.78 is 56.1. The molecule has 0 bridgehead atoms. The van der Waals surface area contributed by atoms with E-state index in [9.17, 15) is 19.6 Å². The van der Waals surface area contributed by atoms with Crippen LogP contribution in [0.3, 0.4) is 0 Å². The van der Waals surface area contributed by atoms with Crippen LogP contribution in [-0.2, 0) is 28.6 Å². The van der Waals surface area contributed by atoms with Crippen molar-refractivity contribution in [2.45, 2.75) is 130 Å². The molecule has 0 radical (unpaired) electrons. The highest BCUT2D eigenvalue weighted by Crippen LogP contribution is 2.71. The Morgan fingerprint density at radius 3 is 2.25 bits per heavy atom. The second-order valence-electron chi connectivity index (χ2n) is 15.6. The Balaban J connectivity index is 1.31. The molecule has 4 aliphatic carbocycles. The van der Waals surface area contributed by atoms with Crippen LogP contribution in [0.25, 0.3) is 0 Å². The van der Waals surface area contributed by atoms with Gasteiger partial charge in [-0.1, -0.05) is 27.2 Å². The van der Waals surface area contributed by atoms with E-state index in [4.69, 9.17) is 18.9 Å². The fourth-order valence-corrected chi connectivity index (χ4v) is 11.1. The fourth-order valence-electron chi connectivity index (χ4n) is 11.1. The van der Waals surface area contributed by atoms with E-state index >= 15 is 8.78 Å². The molecule has 4 aliphatic rings. The van der Waals surface area contributed by atoms with Gasteiger partial charge in [0.1, 0.15) is 23.9 Å². The standard InChI is InChI=1S/C37H53F2NO8/c1-21(10-8-12-30(46-22(2)41)25-11-9-19-40(44)34(25)45-7)26-13-14-27-32-28(15-17-35(26,27)5)36(6)18-16-31(47-23(3)42)33(48-24(4)43)29(36)20-37(32,38)39/h9,11,19,21,26-33H,8,10,12-18,20H2,1-7H3/t21-,26-,27+,28+,29+,30?,31+,32+,33-,35-,36-/m1/s1. The average molecular weight is 678 g/mol. The zero-order valence-electron chi connectivity index (χ0n) is 29.5. The number of hydrogen-bond donors (Lipinski definition) is 0. The minimum Gasteiger partial charge on any atom is -0.616 e. The van der Waals surface area contributed by atoms with Gasteiger partial charge in [0.05, 0.1) is 7.11 Å². The monoisotopic (exact) mass is 677 g/mol. The van der Waals surface area contributed by atoms with Crippen LogP contribution in [0.1, 0.15) is 117 Å². The Kier molecular flexibility index (Phi) is 10.4. The first-order valence-corrected chi connectivity index (χ1v) is 17.7. The summed E-state index contributed by atoms with van der Waals surface area (Å²) >= 11 is 0. The number of nitrogens with zero attached hydrogens (tertiary/aromatic N) is 1. The third kappa shape index (κ3) is 6.63. The molecule has 4 saturated carbocycles. The number of ether oxygens (including phenoxy) is 4. The maximum absolute atomic E-state index is 16.6. The van der Waals surface area contributed by atoms with Gasteiger partial charge in [0.15, 0.2) is 6.20 Å². The lowest BCUT2D eigenvalue weighted by atomic mass is 9.43. The topological polar surface area (TPSA) is 115 Å². The molecular weight excluding hydrogens is 624 g/mol. The molecule has 0 N–H and O–H groups in total. The average Bonchev–Trinajstić information content (AvgIpc) is 3.35. The van der Waals surface area contributed by atoms with Gasteiger partial charge in [-0.25, -0.2) is 8.78 Å². The van der Waals surface area contributed by atoms with Crippen LogP contribution in [0.4, 0.5) is 8.78 Å². The lowest BCUT2D eigenvalue weighted by molar-refractivity contribution is -0.612. The van der Waals surface area contributed by atoms with Crippen molar-refractivity contribution >= 4 is 17.9 Å². The summed E-state index contributed by atoms with van der Waals surface area (Å²) in [7, 11) is 1.41. The highest BCUT2D eigenvalue weighted by molar-refractivity contribution is 5.67. The van der Waals surface area contributed by atoms with E-state index in [-0.39, 0.29) is 41.4 Å². The SMILES string of the molecule is COc1c(C(CCC[C@@H](C)[C@H]2CC[C@H]3[C@H]4[C@H](CC[C@]23C)[C@@]2(C)CC[C@H](OC(C)=O)[C@H](OC(C)=O)[C@@H]2CC4(F)F)OC(C)=O)ccc[n+]1[O-]. The fraction of sp³-hybridized carbons (Fsp3) is 0.784. The molecular formula is C37H53F2NO8. The largest absolute Gasteiger partial charge is 0.616 e. The molecule has 0 aliphatic heterocycles. The van der Waals surface area contributed by atoms with Crippen molar-refractivity contribution in [3.63, 3.8) is 0 Å². The van der Waals surface area contributed by atoms with E-state index in [1.54, 1.807) is 12.1 Å². The lowest BCUT2D eigenvalue weighted by Gasteiger charge is -2.64. The number of alkyl halides is 2. The van der Waals surface area contributed by atoms with Crippen LogP contribution in [0.15, 0.2) is 18.3 Å². The number of fused-ring (bicyclic) bond motifs is 5. The molecule has 48 heavy (non-hydrogen) atoms. The Hall–Kier alpha value is -2.98. The van der Waals surface area contributed by atoms with Crippen molar-refractivity contribution in [1.82, 2.24) is 0 Å². The van der Waals surface area contributed by atoms with E-state index in [1.165, 1.54) is 34.1 Å². The minimum absolute atomic E-state index is 0.100. The summed E-state index contributed by atoms with van der Waals surface area (Å²) in [5.41, 5.74) is -0.169. The molecule has 11 heteroatoms. The first-order valence-electron chi connectivity index (χ1n) is 17.7. The van der Waals surface area contributed by atoms with Crippen molar-refractivity contribution < 1.29 is 46.8 Å². The summed E-state index contributed by atoms with van der Waals surface area (Å²) in [6.45, 7) is 10.5. The van der Waals surface area contributed by atoms with Crippen LogP contribution < -0.4 is 9.47 Å². The van der Waals surface area contributed by atoms with E-state index in [1.807, 2.05) is 0 Å². The van der Waals surface area contributed by atoms with E-state index in [0.29, 0.717) is 36.0 Å². The number of methoxy groups -OCH3 is 1. The van der Waals surface area contributed by atoms with Crippen LogP contribution in [0.2, 0.25) is 0 Å². The van der Waals surface area contributed by atoms with Gasteiger partial charge < -0.3 is 24.2 Å². The first kappa shape index (κ1) is 36.3. The van der Waals surface area contributed by atoms with Gasteiger partial charge in [-0.3, -0.25) is 14.4 Å². The summed E-state index contributed by atoms with van der Waals surface area (Å²) in [5.74, 6) is -5.48. The number of aromatic nitrogens is 1. The minimum atomic E-state index is -2.94. The van der Waals surface area contributed by atoms with Gasteiger partial charge in [-0.2, -0.15) is 0 Å². The van der Waals surface area contributed by atoms with Crippen molar-refractivity contribution in [3.8, 4) is 5.88 Å². The first-order chi connectivity index (χ1) is 22.5. The molecule has 268 valence electrons. The Morgan fingerprint density at radius 2 is 1.60 bits per heavy atom. The van der Waals surface area contributed by atoms with E-state index in [2.05, 4.69) is 20.8 Å². The van der Waals surface area contributed by atoms with Crippen LogP contribution in [0, 0.1) is 51.5 Å². The van der Waals surface area contributed by atoms with Gasteiger partial charge in [0.2, 0.25) is 0 Å². The zero-order chi connectivity index (χ0) is 35.2. The van der Waals surface area contributed by atoms with Gasteiger partial charge in [0, 0.05) is 45.1 Å². The molecule has 4 fully saturated rings. The van der Waals surface area contributed by atoms with Crippen molar-refractivity contribution in [2.24, 2.45) is 46.3 Å². The van der Waals surface area contributed by atoms with Crippen LogP contribution in [0.5, 0.6) is 5.88 Å². The van der Waals surface area contributed by atoms with Gasteiger partial charge in [-0.05, 0) is 91.9 Å². The van der Waals surface area contributed by atoms with Gasteiger partial charge >= 0.3 is 23.8 Å². The smallest absolute Gasteiger partial charge is 0.386 e. The molecule has 0 spiro atoms. The third-order valence-corrected chi connectivity index (χ3v) is 13.0. The number of esters is 3. The molecule has 5 rings (SSSR count). The van der Waals surface area contributed by atoms with Crippen LogP contribution in [-0.4, -0.2) is 43.1 Å². The lowest BCUT2D eigenvalue weighted by Crippen LogP contribution is -2.64. The molecule has 0 amide bonds. The number of halogens is 2. The molecule has 0 aromatic carbocycles. The quantitative estimate of drug-likeness (QED) is 0.111. The normalized spacial score (nSPS) is 36.4. The molecule has 1 unspecified atom stereocenters. The molecule has 0 saturated heterocycles. The second kappa shape index (κ2) is 13.7. The summed E-state index contributed by atoms with van der Waals surface area (Å²) in [6.07, 6.45) is 5.14. The number of hydrogen-bond acceptors (Lipinski definition) is 8. The van der Waals surface area contributed by atoms with Crippen molar-refractivity contribution in [3.05, 3.63) is 29.1 Å². The summed E-state index contributed by atoms with van der Waals surface area (Å²) in [4.78, 5) is 36.0. The number of pyridine rings is 1. The molecule has 1 heterocycles. The third-order valence-electron chi connectivity index (χ3n) is 13.0. The predicted molar refractivity (Wildman–Crippen MR) is 172 cm³/mol. The summed E-state index contributed by atoms with van der Waals surface area (Å²) in [5, 5.41) is 12.3. The number of rotatable bonds is 10. The second-order valence-corrected chi connectivity index (χ2v) is 15.6. The summed E-state index contributed by atoms with van der Waals surface area (Å²) in [6, 6.07) is 3.34. The Labute approximate surface area is 283 Å². The Bertz CT molecular complexity index is 1370. The zero-order valence-corrected chi connectivity index (χ0v) is 29.5. The molecule has 11 atom stereocenters. The Morgan fingerprint density at radius 1 is 0.938 bits per heavy atom. The van der Waals surface area contributed by atoms with Gasteiger partial charge in [-0.15, -0.1) is 4.73 Å². The molecule has 1 aromatic heterocycles. The molecule has 9 nitrogen and oxygen atoms in total. The highest BCUT2D eigenvalue weighted by Gasteiger charge is 2.70. The predicted octanol–water partition coefficient (Wildman–Crippen LogP) is 7.12. The molecule has 1 aromatic rings. The number of carbonyl (C=O) groups is 3. The van der Waals surface area contributed by atoms with Gasteiger partial charge in [0.25, 0.3) is 5.92 Å². The van der Waals surface area contributed by atoms with E-state index in [0.717, 1.165) is 32.1 Å².